The number of alkyl halides is 3. The monoisotopic (exact) mass is 343 g/mol. The highest BCUT2D eigenvalue weighted by atomic mass is 19.4. The summed E-state index contributed by atoms with van der Waals surface area (Å²) in [5.41, 5.74) is 1.13. The van der Waals surface area contributed by atoms with E-state index in [0.717, 1.165) is 0 Å². The molecule has 1 aromatic carbocycles. The van der Waals surface area contributed by atoms with Crippen molar-refractivity contribution in [2.75, 3.05) is 6.61 Å². The Morgan fingerprint density at radius 2 is 1.71 bits per heavy atom. The van der Waals surface area contributed by atoms with E-state index in [2.05, 4.69) is 9.72 Å². The number of pyridine rings is 1. The van der Waals surface area contributed by atoms with Crippen molar-refractivity contribution in [1.29, 1.82) is 0 Å². The van der Waals surface area contributed by atoms with Crippen molar-refractivity contribution in [2.24, 2.45) is 0 Å². The Kier molecular flexibility index (Phi) is 5.12. The molecule has 0 unspecified atom stereocenters. The van der Waals surface area contributed by atoms with Crippen molar-refractivity contribution in [1.82, 2.24) is 4.98 Å². The molecule has 0 saturated heterocycles. The lowest BCUT2D eigenvalue weighted by Crippen LogP contribution is -2.30. The van der Waals surface area contributed by atoms with Crippen molar-refractivity contribution < 1.29 is 36.6 Å². The minimum absolute atomic E-state index is 0.0808. The smallest absolute Gasteiger partial charge is 0.480 e. The van der Waals surface area contributed by atoms with Crippen molar-refractivity contribution in [3.05, 3.63) is 48.4 Å². The van der Waals surface area contributed by atoms with Crippen LogP contribution in [0.3, 0.4) is 0 Å². The molecule has 5 nitrogen and oxygen atoms in total. The van der Waals surface area contributed by atoms with Gasteiger partial charge in [-0.3, -0.25) is 4.98 Å². The summed E-state index contributed by atoms with van der Waals surface area (Å²) >= 11 is 0. The fourth-order valence-electron chi connectivity index (χ4n) is 1.59. The topological polar surface area (TPSA) is 65.5 Å². The number of hydrogen-bond acceptors (Lipinski definition) is 5. The summed E-state index contributed by atoms with van der Waals surface area (Å²) in [6.45, 7) is -0.889. The van der Waals surface area contributed by atoms with Crippen LogP contribution in [-0.4, -0.2) is 29.7 Å². The summed E-state index contributed by atoms with van der Waals surface area (Å²) in [6.07, 6.45) is -4.04. The molecule has 126 valence electrons. The van der Waals surface area contributed by atoms with Gasteiger partial charge in [0.05, 0.1) is 11.9 Å². The fourth-order valence-corrected chi connectivity index (χ4v) is 1.59. The van der Waals surface area contributed by atoms with Crippen molar-refractivity contribution in [2.45, 2.75) is 6.18 Å². The summed E-state index contributed by atoms with van der Waals surface area (Å²) < 4.78 is 57.0. The molecule has 2 aromatic rings. The van der Waals surface area contributed by atoms with Gasteiger partial charge in [-0.05, 0) is 36.4 Å². The Morgan fingerprint density at radius 1 is 1.04 bits per heavy atom. The number of benzene rings is 1. The van der Waals surface area contributed by atoms with Crippen LogP contribution in [-0.2, 0) is 14.3 Å². The maximum Gasteiger partial charge on any atom is 0.491 e. The van der Waals surface area contributed by atoms with E-state index in [-0.39, 0.29) is 5.75 Å². The van der Waals surface area contributed by atoms with Crippen LogP contribution in [0.2, 0.25) is 0 Å². The number of aromatic nitrogens is 1. The standard InChI is InChI=1S/C15H9F4NO4/c16-10-3-1-9(2-4-10)12-6-5-11(7-20-12)23-8-13(21)24-14(22)15(17,18)19/h1-7H,8H2. The molecule has 0 amide bonds. The molecular weight excluding hydrogens is 334 g/mol. The third-order valence-electron chi connectivity index (χ3n) is 2.67. The van der Waals surface area contributed by atoms with E-state index < -0.39 is 30.5 Å². The molecule has 0 radical (unpaired) electrons. The maximum atomic E-state index is 12.8. The number of rotatable bonds is 4. The number of carbonyl (C=O) groups excluding carboxylic acids is 2. The van der Waals surface area contributed by atoms with Gasteiger partial charge in [-0.2, -0.15) is 13.2 Å². The molecule has 1 heterocycles. The van der Waals surface area contributed by atoms with E-state index in [0.29, 0.717) is 11.3 Å². The first-order valence-electron chi connectivity index (χ1n) is 6.42. The van der Waals surface area contributed by atoms with Gasteiger partial charge < -0.3 is 9.47 Å². The normalized spacial score (nSPS) is 11.0. The zero-order chi connectivity index (χ0) is 17.7. The summed E-state index contributed by atoms with van der Waals surface area (Å²) in [5, 5.41) is 0. The zero-order valence-corrected chi connectivity index (χ0v) is 11.8. The average molecular weight is 343 g/mol. The van der Waals surface area contributed by atoms with E-state index >= 15 is 0 Å². The summed E-state index contributed by atoms with van der Waals surface area (Å²) in [6, 6.07) is 8.46. The van der Waals surface area contributed by atoms with Crippen LogP contribution in [0.5, 0.6) is 5.75 Å². The highest BCUT2D eigenvalue weighted by Crippen LogP contribution is 2.20. The predicted molar refractivity (Wildman–Crippen MR) is 72.3 cm³/mol. The van der Waals surface area contributed by atoms with Crippen molar-refractivity contribution in [3.63, 3.8) is 0 Å². The number of esters is 2. The molecule has 0 N–H and O–H groups in total. The number of halogens is 4. The minimum Gasteiger partial charge on any atom is -0.480 e. The molecule has 24 heavy (non-hydrogen) atoms. The molecule has 1 aromatic heterocycles. The van der Waals surface area contributed by atoms with Gasteiger partial charge in [-0.15, -0.1) is 0 Å². The number of hydrogen-bond donors (Lipinski definition) is 0. The first kappa shape index (κ1) is 17.4. The fraction of sp³-hybridized carbons (Fsp3) is 0.133. The third-order valence-corrected chi connectivity index (χ3v) is 2.67. The van der Waals surface area contributed by atoms with E-state index in [1.54, 1.807) is 0 Å². The van der Waals surface area contributed by atoms with Gasteiger partial charge in [0.25, 0.3) is 0 Å². The first-order valence-corrected chi connectivity index (χ1v) is 6.42. The van der Waals surface area contributed by atoms with Gasteiger partial charge in [0, 0.05) is 5.56 Å². The van der Waals surface area contributed by atoms with Gasteiger partial charge in [-0.1, -0.05) is 0 Å². The van der Waals surface area contributed by atoms with Gasteiger partial charge in [0.15, 0.2) is 6.61 Å². The zero-order valence-electron chi connectivity index (χ0n) is 11.8. The lowest BCUT2D eigenvalue weighted by atomic mass is 10.1. The van der Waals surface area contributed by atoms with Crippen LogP contribution in [0, 0.1) is 5.82 Å². The summed E-state index contributed by atoms with van der Waals surface area (Å²) in [7, 11) is 0. The van der Waals surface area contributed by atoms with Gasteiger partial charge >= 0.3 is 18.1 Å². The summed E-state index contributed by atoms with van der Waals surface area (Å²) in [4.78, 5) is 25.5. The molecule has 0 fully saturated rings. The number of ether oxygens (including phenoxy) is 2. The molecular formula is C15H9F4NO4. The largest absolute Gasteiger partial charge is 0.491 e. The molecule has 9 heteroatoms. The second kappa shape index (κ2) is 7.07. The first-order chi connectivity index (χ1) is 11.3. The van der Waals surface area contributed by atoms with E-state index in [1.165, 1.54) is 42.6 Å². The van der Waals surface area contributed by atoms with Crippen molar-refractivity contribution in [3.8, 4) is 17.0 Å². The molecule has 0 bridgehead atoms. The predicted octanol–water partition coefficient (Wildman–Crippen LogP) is 2.90. The lowest BCUT2D eigenvalue weighted by Gasteiger charge is -2.07. The summed E-state index contributed by atoms with van der Waals surface area (Å²) in [5.74, 6) is -4.41. The van der Waals surface area contributed by atoms with Gasteiger partial charge in [-0.25, -0.2) is 14.0 Å². The second-order valence-corrected chi connectivity index (χ2v) is 4.43. The average Bonchev–Trinajstić information content (AvgIpc) is 2.53. The van der Waals surface area contributed by atoms with Gasteiger partial charge in [0.2, 0.25) is 0 Å². The Morgan fingerprint density at radius 3 is 2.25 bits per heavy atom. The lowest BCUT2D eigenvalue weighted by molar-refractivity contribution is -0.202. The third kappa shape index (κ3) is 4.77. The van der Waals surface area contributed by atoms with E-state index in [9.17, 15) is 27.2 Å². The molecule has 0 aliphatic carbocycles. The van der Waals surface area contributed by atoms with Crippen LogP contribution in [0.15, 0.2) is 42.6 Å². The molecule has 0 aliphatic rings. The number of nitrogens with zero attached hydrogens (tertiary/aromatic N) is 1. The molecule has 0 atom stereocenters. The minimum atomic E-state index is -5.26. The number of carbonyl (C=O) groups is 2. The van der Waals surface area contributed by atoms with Crippen LogP contribution >= 0.6 is 0 Å². The Bertz CT molecular complexity index is 727. The molecule has 0 saturated carbocycles. The molecule has 0 spiro atoms. The molecule has 0 aliphatic heterocycles. The molecule has 2 rings (SSSR count). The maximum absolute atomic E-state index is 12.8. The Balaban J connectivity index is 1.91. The van der Waals surface area contributed by atoms with Crippen LogP contribution < -0.4 is 4.74 Å². The van der Waals surface area contributed by atoms with E-state index in [1.807, 2.05) is 0 Å². The highest BCUT2D eigenvalue weighted by molar-refractivity contribution is 5.89. The highest BCUT2D eigenvalue weighted by Gasteiger charge is 2.42. The van der Waals surface area contributed by atoms with Crippen LogP contribution in [0.4, 0.5) is 17.6 Å². The Labute approximate surface area is 132 Å². The Hall–Kier alpha value is -2.97. The van der Waals surface area contributed by atoms with Crippen LogP contribution in [0.25, 0.3) is 11.3 Å². The van der Waals surface area contributed by atoms with Crippen LogP contribution in [0.1, 0.15) is 0 Å². The SMILES string of the molecule is O=C(COc1ccc(-c2ccc(F)cc2)nc1)OC(=O)C(F)(F)F. The van der Waals surface area contributed by atoms with Gasteiger partial charge in [0.1, 0.15) is 11.6 Å². The van der Waals surface area contributed by atoms with E-state index in [4.69, 9.17) is 4.74 Å². The quantitative estimate of drug-likeness (QED) is 0.485. The second-order valence-electron chi connectivity index (χ2n) is 4.43. The van der Waals surface area contributed by atoms with Crippen molar-refractivity contribution >= 4 is 11.9 Å².